The maximum absolute atomic E-state index is 13.7. The van der Waals surface area contributed by atoms with Crippen LogP contribution >= 0.6 is 11.3 Å². The van der Waals surface area contributed by atoms with Gasteiger partial charge in [-0.3, -0.25) is 0 Å². The van der Waals surface area contributed by atoms with E-state index in [1.54, 1.807) is 5.51 Å². The van der Waals surface area contributed by atoms with Crippen LogP contribution in [0.5, 0.6) is 0 Å². The predicted octanol–water partition coefficient (Wildman–Crippen LogP) is 1.60. The molecule has 0 aliphatic heterocycles. The van der Waals surface area contributed by atoms with Crippen molar-refractivity contribution in [2.75, 3.05) is 6.54 Å². The summed E-state index contributed by atoms with van der Waals surface area (Å²) in [6, 6.07) is 2.41. The average Bonchev–Trinajstić information content (AvgIpc) is 2.94. The Labute approximate surface area is 126 Å². The number of halogens is 1. The van der Waals surface area contributed by atoms with Crippen LogP contribution < -0.4 is 4.72 Å². The minimum Gasteiger partial charge on any atom is -0.392 e. The van der Waals surface area contributed by atoms with Gasteiger partial charge in [-0.25, -0.2) is 22.5 Å². The van der Waals surface area contributed by atoms with E-state index in [2.05, 4.69) is 9.71 Å². The number of sulfonamides is 1. The number of hydrogen-bond donors (Lipinski definition) is 2. The fourth-order valence-electron chi connectivity index (χ4n) is 1.83. The van der Waals surface area contributed by atoms with Crippen LogP contribution in [0.2, 0.25) is 0 Å². The summed E-state index contributed by atoms with van der Waals surface area (Å²) in [6.45, 7) is 1.15. The second-order valence-electron chi connectivity index (χ2n) is 4.49. The molecule has 0 spiro atoms. The van der Waals surface area contributed by atoms with Crippen molar-refractivity contribution in [3.63, 3.8) is 0 Å². The first-order valence-electron chi connectivity index (χ1n) is 6.20. The number of aromatic nitrogens is 1. The Morgan fingerprint density at radius 1 is 1.43 bits per heavy atom. The van der Waals surface area contributed by atoms with Crippen LogP contribution in [-0.2, 0) is 23.1 Å². The van der Waals surface area contributed by atoms with Crippen molar-refractivity contribution in [1.82, 2.24) is 9.71 Å². The van der Waals surface area contributed by atoms with Crippen molar-refractivity contribution < 1.29 is 17.9 Å². The number of rotatable bonds is 6. The number of nitrogens with zero attached hydrogens (tertiary/aromatic N) is 1. The van der Waals surface area contributed by atoms with E-state index in [-0.39, 0.29) is 22.6 Å². The molecule has 0 atom stereocenters. The van der Waals surface area contributed by atoms with Gasteiger partial charge in [0.15, 0.2) is 0 Å². The number of aliphatic hydroxyl groups excluding tert-OH is 1. The zero-order valence-electron chi connectivity index (χ0n) is 11.3. The highest BCUT2D eigenvalue weighted by atomic mass is 32.2. The lowest BCUT2D eigenvalue weighted by Gasteiger charge is -2.11. The van der Waals surface area contributed by atoms with Gasteiger partial charge in [0.25, 0.3) is 0 Å². The third-order valence-corrected chi connectivity index (χ3v) is 5.21. The molecular formula is C13H15FN2O3S2. The molecule has 0 fully saturated rings. The van der Waals surface area contributed by atoms with Crippen LogP contribution in [0.15, 0.2) is 27.9 Å². The molecule has 0 aliphatic rings. The Morgan fingerprint density at radius 2 is 2.19 bits per heavy atom. The van der Waals surface area contributed by atoms with Gasteiger partial charge in [-0.15, -0.1) is 11.3 Å². The van der Waals surface area contributed by atoms with Crippen LogP contribution in [0.3, 0.4) is 0 Å². The molecule has 2 aromatic rings. The molecule has 8 heteroatoms. The van der Waals surface area contributed by atoms with E-state index >= 15 is 0 Å². The van der Waals surface area contributed by atoms with Crippen molar-refractivity contribution in [1.29, 1.82) is 0 Å². The molecule has 0 unspecified atom stereocenters. The molecule has 2 N–H and O–H groups in total. The molecule has 0 saturated heterocycles. The van der Waals surface area contributed by atoms with Gasteiger partial charge in [0.1, 0.15) is 5.82 Å². The molecule has 5 nitrogen and oxygen atoms in total. The molecule has 21 heavy (non-hydrogen) atoms. The molecule has 0 saturated carbocycles. The van der Waals surface area contributed by atoms with Crippen molar-refractivity contribution in [2.24, 2.45) is 0 Å². The van der Waals surface area contributed by atoms with Crippen molar-refractivity contribution in [3.05, 3.63) is 45.7 Å². The maximum atomic E-state index is 13.7. The van der Waals surface area contributed by atoms with Gasteiger partial charge >= 0.3 is 0 Å². The molecule has 1 aromatic heterocycles. The van der Waals surface area contributed by atoms with E-state index in [1.165, 1.54) is 24.3 Å². The average molecular weight is 330 g/mol. The molecule has 2 rings (SSSR count). The molecule has 1 aromatic carbocycles. The second-order valence-corrected chi connectivity index (χ2v) is 6.94. The number of hydrogen-bond acceptors (Lipinski definition) is 5. The Morgan fingerprint density at radius 3 is 2.81 bits per heavy atom. The van der Waals surface area contributed by atoms with Crippen LogP contribution in [0.1, 0.15) is 16.8 Å². The molecule has 1 heterocycles. The summed E-state index contributed by atoms with van der Waals surface area (Å²) in [5.41, 5.74) is 2.73. The number of nitrogens with one attached hydrogen (secondary N) is 1. The van der Waals surface area contributed by atoms with Gasteiger partial charge < -0.3 is 5.11 Å². The predicted molar refractivity (Wildman–Crippen MR) is 78.1 cm³/mol. The number of aliphatic hydroxyl groups is 1. The minimum atomic E-state index is -3.82. The van der Waals surface area contributed by atoms with Gasteiger partial charge in [-0.2, -0.15) is 0 Å². The van der Waals surface area contributed by atoms with Crippen molar-refractivity contribution in [2.45, 2.75) is 24.8 Å². The first kappa shape index (κ1) is 16.0. The fraction of sp³-hybridized carbons (Fsp3) is 0.308. The summed E-state index contributed by atoms with van der Waals surface area (Å²) < 4.78 is 40.6. The van der Waals surface area contributed by atoms with E-state index in [4.69, 9.17) is 5.11 Å². The highest BCUT2D eigenvalue weighted by Gasteiger charge is 2.19. The molecule has 0 aliphatic carbocycles. The molecule has 114 valence electrons. The molecule has 0 amide bonds. The lowest BCUT2D eigenvalue weighted by Crippen LogP contribution is -2.27. The minimum absolute atomic E-state index is 0.0355. The molecule has 0 radical (unpaired) electrons. The third-order valence-electron chi connectivity index (χ3n) is 2.99. The van der Waals surface area contributed by atoms with Crippen molar-refractivity contribution >= 4 is 21.4 Å². The number of benzene rings is 1. The van der Waals surface area contributed by atoms with Crippen LogP contribution in [0.4, 0.5) is 4.39 Å². The summed E-state index contributed by atoms with van der Waals surface area (Å²) in [5, 5.41) is 10.9. The van der Waals surface area contributed by atoms with Crippen LogP contribution in [0, 0.1) is 12.7 Å². The quantitative estimate of drug-likeness (QED) is 0.843. The first-order valence-corrected chi connectivity index (χ1v) is 8.63. The monoisotopic (exact) mass is 330 g/mol. The first-order chi connectivity index (χ1) is 9.94. The highest BCUT2D eigenvalue weighted by Crippen LogP contribution is 2.20. The number of thiazole rings is 1. The van der Waals surface area contributed by atoms with Gasteiger partial charge in [0.2, 0.25) is 10.0 Å². The van der Waals surface area contributed by atoms with Crippen molar-refractivity contribution in [3.8, 4) is 0 Å². The van der Waals surface area contributed by atoms with E-state index in [0.29, 0.717) is 6.42 Å². The zero-order chi connectivity index (χ0) is 15.5. The summed E-state index contributed by atoms with van der Waals surface area (Å²) in [6.07, 6.45) is 0.462. The standard InChI is InChI=1S/C13H15FN2O3S2/c1-9-12(14)4-10(6-17)5-13(9)21(18,19)16-3-2-11-7-20-8-15-11/h4-5,7-8,16-17H,2-3,6H2,1H3. The second kappa shape index (κ2) is 6.61. The summed E-state index contributed by atoms with van der Waals surface area (Å²) in [7, 11) is -3.82. The van der Waals surface area contributed by atoms with E-state index < -0.39 is 22.4 Å². The molecular weight excluding hydrogens is 315 g/mol. The van der Waals surface area contributed by atoms with E-state index in [0.717, 1.165) is 11.8 Å². The van der Waals surface area contributed by atoms with Crippen LogP contribution in [0.25, 0.3) is 0 Å². The van der Waals surface area contributed by atoms with E-state index in [1.807, 2.05) is 5.38 Å². The summed E-state index contributed by atoms with van der Waals surface area (Å²) in [4.78, 5) is 3.91. The maximum Gasteiger partial charge on any atom is 0.240 e. The molecule has 0 bridgehead atoms. The van der Waals surface area contributed by atoms with Gasteiger partial charge in [0.05, 0.1) is 22.7 Å². The lowest BCUT2D eigenvalue weighted by atomic mass is 10.1. The Bertz CT molecular complexity index is 715. The van der Waals surface area contributed by atoms with Gasteiger partial charge in [-0.05, 0) is 24.6 Å². The third kappa shape index (κ3) is 3.85. The largest absolute Gasteiger partial charge is 0.392 e. The van der Waals surface area contributed by atoms with E-state index in [9.17, 15) is 12.8 Å². The van der Waals surface area contributed by atoms with Crippen LogP contribution in [-0.4, -0.2) is 25.1 Å². The smallest absolute Gasteiger partial charge is 0.240 e. The Kier molecular flexibility index (Phi) is 5.04. The summed E-state index contributed by atoms with van der Waals surface area (Å²) in [5.74, 6) is -0.651. The normalized spacial score (nSPS) is 11.8. The fourth-order valence-corrected chi connectivity index (χ4v) is 3.76. The van der Waals surface area contributed by atoms with Gasteiger partial charge in [-0.1, -0.05) is 0 Å². The zero-order valence-corrected chi connectivity index (χ0v) is 13.0. The Hall–Kier alpha value is -1.35. The SMILES string of the molecule is Cc1c(F)cc(CO)cc1S(=O)(=O)NCCc1cscn1. The topological polar surface area (TPSA) is 79.3 Å². The summed E-state index contributed by atoms with van der Waals surface area (Å²) >= 11 is 1.44. The lowest BCUT2D eigenvalue weighted by molar-refractivity contribution is 0.281. The highest BCUT2D eigenvalue weighted by molar-refractivity contribution is 7.89. The van der Waals surface area contributed by atoms with Gasteiger partial charge in [0, 0.05) is 23.9 Å². The Balaban J connectivity index is 2.17.